The highest BCUT2D eigenvalue weighted by Crippen LogP contribution is 2.34. The van der Waals surface area contributed by atoms with E-state index in [1.165, 1.54) is 31.2 Å². The van der Waals surface area contributed by atoms with Gasteiger partial charge in [0, 0.05) is 11.3 Å². The minimum absolute atomic E-state index is 0.0474. The van der Waals surface area contributed by atoms with E-state index in [0.717, 1.165) is 17.3 Å². The molecule has 0 aliphatic rings. The van der Waals surface area contributed by atoms with E-state index < -0.39 is 29.3 Å². The lowest BCUT2D eigenvalue weighted by Crippen LogP contribution is -2.18. The number of benzene rings is 2. The number of rotatable bonds is 5. The van der Waals surface area contributed by atoms with Crippen LogP contribution in [0.4, 0.5) is 18.9 Å². The Morgan fingerprint density at radius 1 is 1.10 bits per heavy atom. The second-order valence-corrected chi connectivity index (χ2v) is 6.79. The molecule has 0 aliphatic carbocycles. The van der Waals surface area contributed by atoms with E-state index >= 15 is 0 Å². The van der Waals surface area contributed by atoms with Crippen LogP contribution in [0.25, 0.3) is 5.69 Å². The molecule has 3 rings (SSSR count). The van der Waals surface area contributed by atoms with Gasteiger partial charge in [-0.25, -0.2) is 9.48 Å². The van der Waals surface area contributed by atoms with Crippen molar-refractivity contribution < 1.29 is 27.5 Å². The van der Waals surface area contributed by atoms with Crippen LogP contribution in [0, 0.1) is 13.8 Å². The van der Waals surface area contributed by atoms with Gasteiger partial charge in [0.15, 0.2) is 5.69 Å². The third-order valence-electron chi connectivity index (χ3n) is 4.76. The molecule has 0 unspecified atom stereocenters. The number of halogens is 3. The number of anilines is 1. The fourth-order valence-electron chi connectivity index (χ4n) is 3.01. The van der Waals surface area contributed by atoms with Crippen LogP contribution < -0.4 is 5.32 Å². The van der Waals surface area contributed by atoms with Gasteiger partial charge in [-0.05, 0) is 62.2 Å². The van der Waals surface area contributed by atoms with Crippen LogP contribution in [0.1, 0.15) is 44.5 Å². The van der Waals surface area contributed by atoms with E-state index in [1.807, 2.05) is 26.0 Å². The Labute approximate surface area is 176 Å². The van der Waals surface area contributed by atoms with Crippen molar-refractivity contribution in [1.82, 2.24) is 9.78 Å². The standard InChI is InChI=1S/C22H20F3N3O3/c1-4-31-21(30)17-12-26-28(19(17)22(23,24)25)16-10-8-15(9-11-16)20(29)27-18-7-5-6-13(2)14(18)3/h5-12H,4H2,1-3H3,(H,27,29). The summed E-state index contributed by atoms with van der Waals surface area (Å²) in [6, 6.07) is 10.9. The van der Waals surface area contributed by atoms with E-state index in [9.17, 15) is 22.8 Å². The smallest absolute Gasteiger partial charge is 0.434 e. The van der Waals surface area contributed by atoms with E-state index in [1.54, 1.807) is 6.07 Å². The fraction of sp³-hybridized carbons (Fsp3) is 0.227. The molecule has 2 aromatic carbocycles. The molecule has 0 saturated heterocycles. The number of aromatic nitrogens is 2. The summed E-state index contributed by atoms with van der Waals surface area (Å²) in [7, 11) is 0. The summed E-state index contributed by atoms with van der Waals surface area (Å²) in [4.78, 5) is 24.4. The average molecular weight is 431 g/mol. The first-order valence-electron chi connectivity index (χ1n) is 9.43. The van der Waals surface area contributed by atoms with Gasteiger partial charge in [0.05, 0.1) is 18.5 Å². The number of hydrogen-bond acceptors (Lipinski definition) is 4. The van der Waals surface area contributed by atoms with Crippen LogP contribution in [0.2, 0.25) is 0 Å². The van der Waals surface area contributed by atoms with E-state index in [0.29, 0.717) is 10.4 Å². The monoisotopic (exact) mass is 431 g/mol. The van der Waals surface area contributed by atoms with Crippen LogP contribution in [0.5, 0.6) is 0 Å². The zero-order valence-corrected chi connectivity index (χ0v) is 17.1. The first-order chi connectivity index (χ1) is 14.6. The van der Waals surface area contributed by atoms with Crippen LogP contribution in [0.15, 0.2) is 48.7 Å². The molecule has 0 atom stereocenters. The van der Waals surface area contributed by atoms with E-state index in [-0.39, 0.29) is 17.9 Å². The van der Waals surface area contributed by atoms with Gasteiger partial charge < -0.3 is 10.1 Å². The Morgan fingerprint density at radius 2 is 1.77 bits per heavy atom. The molecule has 1 amide bonds. The van der Waals surface area contributed by atoms with Crippen molar-refractivity contribution in [2.45, 2.75) is 26.9 Å². The number of hydrogen-bond donors (Lipinski definition) is 1. The number of esters is 1. The van der Waals surface area contributed by atoms with Gasteiger partial charge in [0.25, 0.3) is 5.91 Å². The van der Waals surface area contributed by atoms with Crippen molar-refractivity contribution >= 4 is 17.6 Å². The van der Waals surface area contributed by atoms with Crippen LogP contribution in [-0.4, -0.2) is 28.3 Å². The quantitative estimate of drug-likeness (QED) is 0.581. The maximum absolute atomic E-state index is 13.6. The molecule has 6 nitrogen and oxygen atoms in total. The molecule has 1 heterocycles. The molecule has 1 N–H and O–H groups in total. The number of nitrogens with one attached hydrogen (secondary N) is 1. The van der Waals surface area contributed by atoms with Crippen molar-refractivity contribution in [3.05, 3.63) is 76.6 Å². The minimum atomic E-state index is -4.84. The third kappa shape index (κ3) is 4.60. The predicted molar refractivity (Wildman–Crippen MR) is 108 cm³/mol. The molecule has 1 aromatic heterocycles. The Hall–Kier alpha value is -3.62. The third-order valence-corrected chi connectivity index (χ3v) is 4.76. The highest BCUT2D eigenvalue weighted by atomic mass is 19.4. The first-order valence-corrected chi connectivity index (χ1v) is 9.43. The van der Waals surface area contributed by atoms with Gasteiger partial charge >= 0.3 is 12.1 Å². The molecule has 162 valence electrons. The maximum Gasteiger partial charge on any atom is 0.434 e. The summed E-state index contributed by atoms with van der Waals surface area (Å²) in [5.41, 5.74) is 0.987. The number of nitrogens with zero attached hydrogens (tertiary/aromatic N) is 2. The molecule has 0 spiro atoms. The van der Waals surface area contributed by atoms with Crippen LogP contribution >= 0.6 is 0 Å². The summed E-state index contributed by atoms with van der Waals surface area (Å²) in [5, 5.41) is 6.51. The number of amides is 1. The maximum atomic E-state index is 13.6. The van der Waals surface area contributed by atoms with Crippen molar-refractivity contribution in [3.8, 4) is 5.69 Å². The second-order valence-electron chi connectivity index (χ2n) is 6.79. The Kier molecular flexibility index (Phi) is 6.14. The molecule has 0 aliphatic heterocycles. The number of carbonyl (C=O) groups is 2. The van der Waals surface area contributed by atoms with Crippen molar-refractivity contribution in [3.63, 3.8) is 0 Å². The summed E-state index contributed by atoms with van der Waals surface area (Å²) in [6.45, 7) is 5.24. The molecule has 3 aromatic rings. The van der Waals surface area contributed by atoms with E-state index in [2.05, 4.69) is 10.4 Å². The molecule has 9 heteroatoms. The zero-order chi connectivity index (χ0) is 22.8. The first kappa shape index (κ1) is 22.1. The Balaban J connectivity index is 1.90. The lowest BCUT2D eigenvalue weighted by molar-refractivity contribution is -0.143. The second kappa shape index (κ2) is 8.63. The summed E-state index contributed by atoms with van der Waals surface area (Å²) >= 11 is 0. The molecular weight excluding hydrogens is 411 g/mol. The normalized spacial score (nSPS) is 11.3. The highest BCUT2D eigenvalue weighted by molar-refractivity contribution is 6.04. The molecule has 0 fully saturated rings. The Bertz CT molecular complexity index is 1120. The summed E-state index contributed by atoms with van der Waals surface area (Å²) in [5.74, 6) is -1.51. The largest absolute Gasteiger partial charge is 0.462 e. The van der Waals surface area contributed by atoms with Gasteiger partial charge in [0.2, 0.25) is 0 Å². The van der Waals surface area contributed by atoms with Gasteiger partial charge in [-0.1, -0.05) is 12.1 Å². The molecule has 0 radical (unpaired) electrons. The number of carbonyl (C=O) groups excluding carboxylic acids is 2. The summed E-state index contributed by atoms with van der Waals surface area (Å²) in [6.07, 6.45) is -4.01. The Morgan fingerprint density at radius 3 is 2.39 bits per heavy atom. The van der Waals surface area contributed by atoms with Crippen molar-refractivity contribution in [1.29, 1.82) is 0 Å². The van der Waals surface area contributed by atoms with Crippen LogP contribution in [-0.2, 0) is 10.9 Å². The van der Waals surface area contributed by atoms with Gasteiger partial charge in [0.1, 0.15) is 5.56 Å². The lowest BCUT2D eigenvalue weighted by atomic mass is 10.1. The highest BCUT2D eigenvalue weighted by Gasteiger charge is 2.41. The van der Waals surface area contributed by atoms with Gasteiger partial charge in [-0.15, -0.1) is 0 Å². The van der Waals surface area contributed by atoms with Crippen molar-refractivity contribution in [2.75, 3.05) is 11.9 Å². The predicted octanol–water partition coefficient (Wildman–Crippen LogP) is 4.94. The van der Waals surface area contributed by atoms with Crippen molar-refractivity contribution in [2.24, 2.45) is 0 Å². The molecular formula is C22H20F3N3O3. The zero-order valence-electron chi connectivity index (χ0n) is 17.1. The number of alkyl halides is 3. The van der Waals surface area contributed by atoms with E-state index in [4.69, 9.17) is 4.74 Å². The molecule has 0 saturated carbocycles. The molecule has 0 bridgehead atoms. The summed E-state index contributed by atoms with van der Waals surface area (Å²) < 4.78 is 46.2. The SMILES string of the molecule is CCOC(=O)c1cnn(-c2ccc(C(=O)Nc3cccc(C)c3C)cc2)c1C(F)(F)F. The topological polar surface area (TPSA) is 73.2 Å². The lowest BCUT2D eigenvalue weighted by Gasteiger charge is -2.13. The minimum Gasteiger partial charge on any atom is -0.462 e. The van der Waals surface area contributed by atoms with Gasteiger partial charge in [-0.3, -0.25) is 4.79 Å². The average Bonchev–Trinajstić information content (AvgIpc) is 3.18. The molecule has 31 heavy (non-hydrogen) atoms. The van der Waals surface area contributed by atoms with Crippen LogP contribution in [0.3, 0.4) is 0 Å². The number of aryl methyl sites for hydroxylation is 1. The van der Waals surface area contributed by atoms with Gasteiger partial charge in [-0.2, -0.15) is 18.3 Å². The fourth-order valence-corrected chi connectivity index (χ4v) is 3.01. The number of ether oxygens (including phenoxy) is 1.